The van der Waals surface area contributed by atoms with Crippen LogP contribution in [0.25, 0.3) is 0 Å². The Hall–Kier alpha value is -3.11. The summed E-state index contributed by atoms with van der Waals surface area (Å²) in [5.41, 5.74) is 4.22. The van der Waals surface area contributed by atoms with Gasteiger partial charge >= 0.3 is 0 Å². The predicted molar refractivity (Wildman–Crippen MR) is 112 cm³/mol. The number of anilines is 1. The first-order chi connectivity index (χ1) is 13.7. The third-order valence-electron chi connectivity index (χ3n) is 4.75. The number of quaternary nitrogens is 1. The van der Waals surface area contributed by atoms with E-state index in [0.29, 0.717) is 0 Å². The SMILES string of the molecule is COc1ccc(CC[NH2+][C@@H](C(=O)Nc2ccc(C)cc2)c2ccccc2)cc1. The largest absolute Gasteiger partial charge is 0.497 e. The minimum atomic E-state index is -0.291. The lowest BCUT2D eigenvalue weighted by Crippen LogP contribution is -2.87. The summed E-state index contributed by atoms with van der Waals surface area (Å²) in [6.45, 7) is 2.85. The van der Waals surface area contributed by atoms with E-state index in [2.05, 4.69) is 22.8 Å². The molecule has 0 spiro atoms. The fraction of sp³-hybridized carbons (Fsp3) is 0.208. The number of benzene rings is 3. The molecular weight excluding hydrogens is 348 g/mol. The minimum absolute atomic E-state index is 0.00946. The monoisotopic (exact) mass is 375 g/mol. The molecule has 144 valence electrons. The fourth-order valence-corrected chi connectivity index (χ4v) is 3.12. The van der Waals surface area contributed by atoms with Gasteiger partial charge in [-0.15, -0.1) is 0 Å². The van der Waals surface area contributed by atoms with Gasteiger partial charge in [-0.25, -0.2) is 0 Å². The molecule has 3 aromatic rings. The lowest BCUT2D eigenvalue weighted by Gasteiger charge is -2.16. The number of hydrogen-bond acceptors (Lipinski definition) is 2. The van der Waals surface area contributed by atoms with Crippen molar-refractivity contribution in [1.82, 2.24) is 0 Å². The predicted octanol–water partition coefficient (Wildman–Crippen LogP) is 3.49. The maximum Gasteiger partial charge on any atom is 0.287 e. The van der Waals surface area contributed by atoms with Crippen LogP contribution in [-0.2, 0) is 11.2 Å². The van der Waals surface area contributed by atoms with E-state index in [-0.39, 0.29) is 11.9 Å². The zero-order valence-corrected chi connectivity index (χ0v) is 16.4. The first kappa shape index (κ1) is 19.6. The van der Waals surface area contributed by atoms with Crippen LogP contribution in [0.2, 0.25) is 0 Å². The zero-order chi connectivity index (χ0) is 19.8. The molecule has 3 N–H and O–H groups in total. The summed E-state index contributed by atoms with van der Waals surface area (Å²) in [7, 11) is 1.67. The topological polar surface area (TPSA) is 54.9 Å². The van der Waals surface area contributed by atoms with Gasteiger partial charge in [0.25, 0.3) is 5.91 Å². The number of ether oxygens (including phenoxy) is 1. The Bertz CT molecular complexity index is 875. The van der Waals surface area contributed by atoms with Crippen molar-refractivity contribution in [3.8, 4) is 5.75 Å². The van der Waals surface area contributed by atoms with Gasteiger partial charge in [0, 0.05) is 17.7 Å². The van der Waals surface area contributed by atoms with E-state index in [0.717, 1.165) is 30.0 Å². The Morgan fingerprint density at radius 1 is 0.964 bits per heavy atom. The first-order valence-corrected chi connectivity index (χ1v) is 9.54. The van der Waals surface area contributed by atoms with E-state index < -0.39 is 0 Å². The number of hydrogen-bond donors (Lipinski definition) is 2. The Kier molecular flexibility index (Phi) is 6.82. The second-order valence-corrected chi connectivity index (χ2v) is 6.87. The molecule has 0 heterocycles. The van der Waals surface area contributed by atoms with Gasteiger partial charge in [-0.1, -0.05) is 60.2 Å². The molecule has 3 aromatic carbocycles. The van der Waals surface area contributed by atoms with Crippen LogP contribution in [0.5, 0.6) is 5.75 Å². The third-order valence-corrected chi connectivity index (χ3v) is 4.75. The Morgan fingerprint density at radius 3 is 2.29 bits per heavy atom. The molecule has 0 radical (unpaired) electrons. The highest BCUT2D eigenvalue weighted by atomic mass is 16.5. The fourth-order valence-electron chi connectivity index (χ4n) is 3.12. The van der Waals surface area contributed by atoms with Crippen molar-refractivity contribution in [2.24, 2.45) is 0 Å². The lowest BCUT2D eigenvalue weighted by atomic mass is 10.1. The molecule has 0 aliphatic rings. The number of amides is 1. The van der Waals surface area contributed by atoms with Crippen molar-refractivity contribution in [3.63, 3.8) is 0 Å². The number of methoxy groups -OCH3 is 1. The number of nitrogens with two attached hydrogens (primary N) is 1. The summed E-state index contributed by atoms with van der Waals surface area (Å²) in [5, 5.41) is 5.15. The Morgan fingerprint density at radius 2 is 1.64 bits per heavy atom. The van der Waals surface area contributed by atoms with Crippen LogP contribution in [0, 0.1) is 6.92 Å². The average molecular weight is 375 g/mol. The van der Waals surface area contributed by atoms with Crippen molar-refractivity contribution in [3.05, 3.63) is 95.6 Å². The number of carbonyl (C=O) groups excluding carboxylic acids is 1. The second-order valence-electron chi connectivity index (χ2n) is 6.87. The smallest absolute Gasteiger partial charge is 0.287 e. The summed E-state index contributed by atoms with van der Waals surface area (Å²) in [5.74, 6) is 0.845. The van der Waals surface area contributed by atoms with Gasteiger partial charge in [0.2, 0.25) is 0 Å². The van der Waals surface area contributed by atoms with E-state index in [9.17, 15) is 4.79 Å². The van der Waals surface area contributed by atoms with E-state index in [4.69, 9.17) is 4.74 Å². The summed E-state index contributed by atoms with van der Waals surface area (Å²) in [6, 6.07) is 25.6. The number of aryl methyl sites for hydroxylation is 1. The summed E-state index contributed by atoms with van der Waals surface area (Å²) in [6.07, 6.45) is 0.880. The Labute approximate surface area is 166 Å². The van der Waals surface area contributed by atoms with Crippen molar-refractivity contribution in [2.45, 2.75) is 19.4 Å². The molecule has 3 rings (SSSR count). The molecule has 1 atom stereocenters. The molecule has 0 saturated heterocycles. The van der Waals surface area contributed by atoms with Crippen LogP contribution in [0.15, 0.2) is 78.9 Å². The van der Waals surface area contributed by atoms with Crippen LogP contribution >= 0.6 is 0 Å². The molecule has 0 fully saturated rings. The molecule has 0 bridgehead atoms. The number of carbonyl (C=O) groups is 1. The normalized spacial score (nSPS) is 11.6. The van der Waals surface area contributed by atoms with Crippen LogP contribution in [0.3, 0.4) is 0 Å². The standard InChI is InChI=1S/C24H26N2O2/c1-18-8-12-21(13-9-18)26-24(27)23(20-6-4-3-5-7-20)25-17-16-19-10-14-22(28-2)15-11-19/h3-15,23,25H,16-17H2,1-2H3,(H,26,27)/p+1/t23-/m1/s1. The quantitative estimate of drug-likeness (QED) is 0.633. The molecule has 0 aliphatic carbocycles. The molecule has 28 heavy (non-hydrogen) atoms. The number of nitrogens with one attached hydrogen (secondary N) is 1. The zero-order valence-electron chi connectivity index (χ0n) is 16.4. The third kappa shape index (κ3) is 5.44. The van der Waals surface area contributed by atoms with E-state index in [1.165, 1.54) is 11.1 Å². The maximum absolute atomic E-state index is 13.0. The van der Waals surface area contributed by atoms with E-state index in [1.54, 1.807) is 7.11 Å². The molecule has 1 amide bonds. The van der Waals surface area contributed by atoms with Crippen molar-refractivity contribution in [2.75, 3.05) is 19.0 Å². The Balaban J connectivity index is 1.66. The lowest BCUT2D eigenvalue weighted by molar-refractivity contribution is -0.682. The van der Waals surface area contributed by atoms with Crippen molar-refractivity contribution >= 4 is 11.6 Å². The van der Waals surface area contributed by atoms with Gasteiger partial charge in [0.05, 0.1) is 13.7 Å². The minimum Gasteiger partial charge on any atom is -0.497 e. The first-order valence-electron chi connectivity index (χ1n) is 9.54. The molecule has 0 saturated carbocycles. The maximum atomic E-state index is 13.0. The highest BCUT2D eigenvalue weighted by molar-refractivity contribution is 5.94. The number of rotatable bonds is 8. The molecular formula is C24H27N2O2+. The summed E-state index contributed by atoms with van der Waals surface area (Å²) in [4.78, 5) is 13.0. The highest BCUT2D eigenvalue weighted by Gasteiger charge is 2.23. The van der Waals surface area contributed by atoms with Crippen molar-refractivity contribution in [1.29, 1.82) is 0 Å². The molecule has 4 heteroatoms. The van der Waals surface area contributed by atoms with Crippen LogP contribution in [-0.4, -0.2) is 19.6 Å². The average Bonchev–Trinajstić information content (AvgIpc) is 2.74. The van der Waals surface area contributed by atoms with E-state index >= 15 is 0 Å². The van der Waals surface area contributed by atoms with Crippen LogP contribution in [0.1, 0.15) is 22.7 Å². The summed E-state index contributed by atoms with van der Waals surface area (Å²) >= 11 is 0. The van der Waals surface area contributed by atoms with Gasteiger partial charge < -0.3 is 15.4 Å². The highest BCUT2D eigenvalue weighted by Crippen LogP contribution is 2.14. The summed E-state index contributed by atoms with van der Waals surface area (Å²) < 4.78 is 5.20. The molecule has 0 unspecified atom stereocenters. The second kappa shape index (κ2) is 9.72. The molecule has 4 nitrogen and oxygen atoms in total. The van der Waals surface area contributed by atoms with Gasteiger partial charge in [0.1, 0.15) is 5.75 Å². The molecule has 0 aromatic heterocycles. The van der Waals surface area contributed by atoms with Gasteiger partial charge in [-0.05, 0) is 36.8 Å². The van der Waals surface area contributed by atoms with Crippen LogP contribution in [0.4, 0.5) is 5.69 Å². The van der Waals surface area contributed by atoms with Crippen LogP contribution < -0.4 is 15.4 Å². The van der Waals surface area contributed by atoms with Gasteiger partial charge in [-0.3, -0.25) is 4.79 Å². The van der Waals surface area contributed by atoms with Gasteiger partial charge in [-0.2, -0.15) is 0 Å². The van der Waals surface area contributed by atoms with Gasteiger partial charge in [0.15, 0.2) is 6.04 Å². The van der Waals surface area contributed by atoms with Crippen molar-refractivity contribution < 1.29 is 14.8 Å². The van der Waals surface area contributed by atoms with E-state index in [1.807, 2.05) is 73.7 Å². The molecule has 0 aliphatic heterocycles.